The second kappa shape index (κ2) is 4.67. The third-order valence-corrected chi connectivity index (χ3v) is 11.4. The van der Waals surface area contributed by atoms with Gasteiger partial charge in [-0.05, 0) is 30.4 Å². The zero-order valence-corrected chi connectivity index (χ0v) is 14.6. The van der Waals surface area contributed by atoms with Gasteiger partial charge in [0.2, 0.25) is 5.48 Å². The predicted octanol–water partition coefficient (Wildman–Crippen LogP) is 5.12. The smallest absolute Gasteiger partial charge is 0.220 e. The third kappa shape index (κ3) is 2.35. The van der Waals surface area contributed by atoms with Gasteiger partial charge in [0.25, 0.3) is 0 Å². The largest absolute Gasteiger partial charge is 0.335 e. The van der Waals surface area contributed by atoms with Crippen LogP contribution in [0.4, 0.5) is 4.39 Å². The summed E-state index contributed by atoms with van der Waals surface area (Å²) in [6.45, 7) is 12.6. The molecule has 1 saturated heterocycles. The van der Waals surface area contributed by atoms with E-state index in [2.05, 4.69) is 46.0 Å². The van der Waals surface area contributed by atoms with Crippen molar-refractivity contribution in [3.8, 4) is 0 Å². The van der Waals surface area contributed by atoms with Crippen LogP contribution in [0.5, 0.6) is 0 Å². The van der Waals surface area contributed by atoms with Crippen LogP contribution in [0.2, 0.25) is 18.1 Å². The number of alkyl halides is 1. The summed E-state index contributed by atoms with van der Waals surface area (Å²) in [4.78, 5) is 0. The van der Waals surface area contributed by atoms with Crippen LogP contribution < -0.4 is 0 Å². The van der Waals surface area contributed by atoms with Crippen molar-refractivity contribution in [3.05, 3.63) is 35.9 Å². The minimum atomic E-state index is -2.16. The minimum absolute atomic E-state index is 0.00768. The van der Waals surface area contributed by atoms with Crippen LogP contribution in [0.3, 0.4) is 0 Å². The van der Waals surface area contributed by atoms with E-state index in [0.29, 0.717) is 0 Å². The Morgan fingerprint density at radius 1 is 1.15 bits per heavy atom. The molecule has 1 aliphatic heterocycles. The van der Waals surface area contributed by atoms with Gasteiger partial charge in [-0.3, -0.25) is 0 Å². The van der Waals surface area contributed by atoms with Crippen LogP contribution >= 0.6 is 0 Å². The van der Waals surface area contributed by atoms with Crippen molar-refractivity contribution >= 4 is 8.07 Å². The number of rotatable bonds is 4. The van der Waals surface area contributed by atoms with Crippen molar-refractivity contribution in [2.45, 2.75) is 69.7 Å². The van der Waals surface area contributed by atoms with Crippen LogP contribution in [0, 0.1) is 0 Å². The highest BCUT2D eigenvalue weighted by molar-refractivity contribution is 6.83. The maximum atomic E-state index is 15.4. The molecule has 1 fully saturated rings. The second-order valence-electron chi connectivity index (χ2n) is 7.79. The van der Waals surface area contributed by atoms with E-state index in [4.69, 9.17) is 4.74 Å². The van der Waals surface area contributed by atoms with Gasteiger partial charge in [-0.25, -0.2) is 4.39 Å². The van der Waals surface area contributed by atoms with E-state index in [-0.39, 0.29) is 5.04 Å². The molecule has 1 heterocycles. The summed E-state index contributed by atoms with van der Waals surface area (Å²) in [7, 11) is -2.16. The molecule has 2 unspecified atom stereocenters. The van der Waals surface area contributed by atoms with Crippen LogP contribution in [0.15, 0.2) is 30.3 Å². The van der Waals surface area contributed by atoms with Gasteiger partial charge in [-0.15, -0.1) is 0 Å². The summed E-state index contributed by atoms with van der Waals surface area (Å²) in [5.74, 6) is 0. The van der Waals surface area contributed by atoms with Crippen molar-refractivity contribution in [2.24, 2.45) is 0 Å². The summed E-state index contributed by atoms with van der Waals surface area (Å²) >= 11 is 0. The molecule has 0 radical (unpaired) electrons. The Kier molecular flexibility index (Phi) is 3.67. The number of ether oxygens (including phenoxy) is 1. The normalized spacial score (nSPS) is 30.4. The standard InChI is InChI=1S/C17H27FOSi/c1-15(2,3)20(5,6)17(18)16(4,19-17)13-12-14-10-8-7-9-11-14/h7-11H,12-13H2,1-6H3. The van der Waals surface area contributed by atoms with Gasteiger partial charge in [-0.2, -0.15) is 0 Å². The molecule has 0 amide bonds. The van der Waals surface area contributed by atoms with E-state index in [1.165, 1.54) is 5.56 Å². The zero-order valence-electron chi connectivity index (χ0n) is 13.6. The molecule has 2 atom stereocenters. The van der Waals surface area contributed by atoms with E-state index >= 15 is 4.39 Å². The van der Waals surface area contributed by atoms with Gasteiger partial charge in [0.1, 0.15) is 13.7 Å². The number of epoxide rings is 1. The fraction of sp³-hybridized carbons (Fsp3) is 0.647. The molecule has 0 spiro atoms. The molecule has 2 rings (SSSR count). The first-order valence-electron chi connectivity index (χ1n) is 7.47. The summed E-state index contributed by atoms with van der Waals surface area (Å²) in [5.41, 5.74) is -0.749. The average molecular weight is 294 g/mol. The van der Waals surface area contributed by atoms with Crippen LogP contribution in [-0.4, -0.2) is 19.2 Å². The molecule has 0 aromatic heterocycles. The zero-order chi connectivity index (χ0) is 15.2. The van der Waals surface area contributed by atoms with Gasteiger partial charge < -0.3 is 4.74 Å². The third-order valence-electron chi connectivity index (χ3n) is 5.42. The first-order valence-corrected chi connectivity index (χ1v) is 10.5. The summed E-state index contributed by atoms with van der Waals surface area (Å²) in [6.07, 6.45) is 1.62. The van der Waals surface area contributed by atoms with E-state index in [1.807, 2.05) is 25.1 Å². The first-order chi connectivity index (χ1) is 9.04. The lowest BCUT2D eigenvalue weighted by Gasteiger charge is -2.38. The molecule has 20 heavy (non-hydrogen) atoms. The summed E-state index contributed by atoms with van der Waals surface area (Å²) in [5, 5.41) is -0.00768. The fourth-order valence-electron chi connectivity index (χ4n) is 2.80. The highest BCUT2D eigenvalue weighted by Crippen LogP contribution is 2.62. The lowest BCUT2D eigenvalue weighted by molar-refractivity contribution is 0.201. The SMILES string of the molecule is CC1(CCc2ccccc2)OC1(F)[Si](C)(C)C(C)(C)C. The van der Waals surface area contributed by atoms with Crippen molar-refractivity contribution in [1.29, 1.82) is 0 Å². The predicted molar refractivity (Wildman–Crippen MR) is 85.3 cm³/mol. The van der Waals surface area contributed by atoms with Gasteiger partial charge in [0.05, 0.1) is 0 Å². The molecule has 1 nitrogen and oxygen atoms in total. The maximum Gasteiger partial charge on any atom is 0.220 e. The highest BCUT2D eigenvalue weighted by Gasteiger charge is 2.77. The van der Waals surface area contributed by atoms with Gasteiger partial charge in [0, 0.05) is 0 Å². The van der Waals surface area contributed by atoms with Crippen LogP contribution in [0.1, 0.15) is 39.7 Å². The number of hydrogen-bond acceptors (Lipinski definition) is 1. The van der Waals surface area contributed by atoms with Crippen LogP contribution in [0.25, 0.3) is 0 Å². The molecule has 3 heteroatoms. The van der Waals surface area contributed by atoms with E-state index in [0.717, 1.165) is 12.8 Å². The number of aryl methyl sites for hydroxylation is 1. The second-order valence-corrected chi connectivity index (χ2v) is 13.2. The fourth-order valence-corrected chi connectivity index (χ4v) is 5.69. The topological polar surface area (TPSA) is 12.5 Å². The molecule has 1 aromatic carbocycles. The Labute approximate surface area is 123 Å². The molecule has 0 bridgehead atoms. The lowest BCUT2D eigenvalue weighted by Crippen LogP contribution is -2.53. The number of benzene rings is 1. The highest BCUT2D eigenvalue weighted by atomic mass is 28.3. The average Bonchev–Trinajstić information content (AvgIpc) is 2.92. The van der Waals surface area contributed by atoms with Gasteiger partial charge >= 0.3 is 0 Å². The number of halogens is 1. The Hall–Kier alpha value is -0.673. The van der Waals surface area contributed by atoms with Crippen molar-refractivity contribution < 1.29 is 9.13 Å². The molecule has 1 aromatic rings. The molecular formula is C17H27FOSi. The molecular weight excluding hydrogens is 267 g/mol. The van der Waals surface area contributed by atoms with E-state index in [1.54, 1.807) is 0 Å². The van der Waals surface area contributed by atoms with Crippen LogP contribution in [-0.2, 0) is 11.2 Å². The molecule has 1 aliphatic rings. The monoisotopic (exact) mass is 294 g/mol. The Balaban J connectivity index is 2.08. The number of hydrogen-bond donors (Lipinski definition) is 0. The maximum absolute atomic E-state index is 15.4. The first kappa shape index (κ1) is 15.7. The molecule has 0 aliphatic carbocycles. The Bertz CT molecular complexity index is 480. The molecule has 112 valence electrons. The molecule has 0 N–H and O–H groups in total. The summed E-state index contributed by atoms with van der Waals surface area (Å²) in [6, 6.07) is 10.3. The van der Waals surface area contributed by atoms with Crippen molar-refractivity contribution in [2.75, 3.05) is 0 Å². The Morgan fingerprint density at radius 3 is 2.20 bits per heavy atom. The lowest BCUT2D eigenvalue weighted by atomic mass is 10.0. The summed E-state index contributed by atoms with van der Waals surface area (Å²) < 4.78 is 21.1. The van der Waals surface area contributed by atoms with Gasteiger partial charge in [0.15, 0.2) is 0 Å². The quantitative estimate of drug-likeness (QED) is 0.554. The van der Waals surface area contributed by atoms with Crippen molar-refractivity contribution in [3.63, 3.8) is 0 Å². The minimum Gasteiger partial charge on any atom is -0.335 e. The van der Waals surface area contributed by atoms with E-state index in [9.17, 15) is 0 Å². The Morgan fingerprint density at radius 2 is 1.70 bits per heavy atom. The van der Waals surface area contributed by atoms with Crippen molar-refractivity contribution in [1.82, 2.24) is 0 Å². The molecule has 0 saturated carbocycles. The van der Waals surface area contributed by atoms with Gasteiger partial charge in [-0.1, -0.05) is 64.2 Å². The van der Waals surface area contributed by atoms with E-state index < -0.39 is 19.2 Å².